The summed E-state index contributed by atoms with van der Waals surface area (Å²) in [5.74, 6) is 0.134. The number of fused-ring (bicyclic) bond motifs is 1. The Hall–Kier alpha value is -3.11. The minimum Gasteiger partial charge on any atom is -0.486 e. The zero-order valence-electron chi connectivity index (χ0n) is 17.2. The molecule has 1 fully saturated rings. The van der Waals surface area contributed by atoms with Crippen molar-refractivity contribution in [2.45, 2.75) is 11.3 Å². The number of amides is 2. The Bertz CT molecular complexity index is 1130. The Labute approximate surface area is 180 Å². The van der Waals surface area contributed by atoms with E-state index in [1.165, 1.54) is 26.2 Å². The molecule has 2 aliphatic heterocycles. The molecule has 0 saturated carbocycles. The van der Waals surface area contributed by atoms with Gasteiger partial charge in [0.15, 0.2) is 11.5 Å². The van der Waals surface area contributed by atoms with E-state index in [2.05, 4.69) is 5.32 Å². The highest BCUT2D eigenvalue weighted by Crippen LogP contribution is 2.36. The summed E-state index contributed by atoms with van der Waals surface area (Å²) >= 11 is 0. The Kier molecular flexibility index (Phi) is 5.59. The molecule has 2 aromatic carbocycles. The van der Waals surface area contributed by atoms with Crippen molar-refractivity contribution < 1.29 is 27.5 Å². The van der Waals surface area contributed by atoms with Crippen LogP contribution in [0.2, 0.25) is 0 Å². The van der Waals surface area contributed by atoms with Crippen molar-refractivity contribution in [3.63, 3.8) is 0 Å². The second-order valence-electron chi connectivity index (χ2n) is 7.54. The van der Waals surface area contributed by atoms with E-state index in [0.29, 0.717) is 36.1 Å². The van der Waals surface area contributed by atoms with Gasteiger partial charge in [0, 0.05) is 44.5 Å². The molecule has 9 nitrogen and oxygen atoms in total. The van der Waals surface area contributed by atoms with Gasteiger partial charge in [0.2, 0.25) is 21.8 Å². The Morgan fingerprint density at radius 3 is 2.58 bits per heavy atom. The molecule has 31 heavy (non-hydrogen) atoms. The fourth-order valence-corrected chi connectivity index (χ4v) is 4.47. The zero-order chi connectivity index (χ0) is 22.2. The third-order valence-electron chi connectivity index (χ3n) is 5.21. The van der Waals surface area contributed by atoms with Crippen molar-refractivity contribution in [3.05, 3.63) is 42.5 Å². The lowest BCUT2D eigenvalue weighted by Crippen LogP contribution is -2.28. The lowest BCUT2D eigenvalue weighted by molar-refractivity contribution is -0.122. The predicted octanol–water partition coefficient (Wildman–Crippen LogP) is 1.70. The number of nitrogens with one attached hydrogen (secondary N) is 1. The van der Waals surface area contributed by atoms with Crippen molar-refractivity contribution in [2.24, 2.45) is 5.92 Å². The molecule has 2 amide bonds. The van der Waals surface area contributed by atoms with Crippen LogP contribution in [-0.4, -0.2) is 58.4 Å². The summed E-state index contributed by atoms with van der Waals surface area (Å²) in [7, 11) is -0.735. The molecule has 1 saturated heterocycles. The molecule has 0 bridgehead atoms. The first-order valence-corrected chi connectivity index (χ1v) is 11.2. The number of sulfonamides is 1. The molecule has 4 rings (SSSR count). The van der Waals surface area contributed by atoms with Crippen molar-refractivity contribution in [2.75, 3.05) is 44.1 Å². The summed E-state index contributed by atoms with van der Waals surface area (Å²) in [5.41, 5.74) is 1.00. The van der Waals surface area contributed by atoms with Gasteiger partial charge in [-0.2, -0.15) is 0 Å². The highest BCUT2D eigenvalue weighted by Gasteiger charge is 2.35. The van der Waals surface area contributed by atoms with Gasteiger partial charge in [0.1, 0.15) is 13.2 Å². The van der Waals surface area contributed by atoms with Crippen LogP contribution in [-0.2, 0) is 19.6 Å². The third kappa shape index (κ3) is 4.21. The normalized spacial score (nSPS) is 18.4. The molecule has 2 aromatic rings. The zero-order valence-corrected chi connectivity index (χ0v) is 18.0. The molecule has 0 aromatic heterocycles. The van der Waals surface area contributed by atoms with Gasteiger partial charge in [-0.15, -0.1) is 0 Å². The molecule has 1 N–H and O–H groups in total. The quantitative estimate of drug-likeness (QED) is 0.751. The number of hydrogen-bond donors (Lipinski definition) is 1. The maximum atomic E-state index is 12.8. The first-order chi connectivity index (χ1) is 14.8. The van der Waals surface area contributed by atoms with Crippen LogP contribution in [0.1, 0.15) is 6.42 Å². The van der Waals surface area contributed by atoms with Crippen LogP contribution in [0, 0.1) is 5.92 Å². The monoisotopic (exact) mass is 445 g/mol. The molecular weight excluding hydrogens is 422 g/mol. The van der Waals surface area contributed by atoms with Gasteiger partial charge in [0.05, 0.1) is 10.8 Å². The predicted molar refractivity (Wildman–Crippen MR) is 114 cm³/mol. The van der Waals surface area contributed by atoms with Gasteiger partial charge < -0.3 is 19.7 Å². The number of hydrogen-bond acceptors (Lipinski definition) is 6. The van der Waals surface area contributed by atoms with E-state index < -0.39 is 15.9 Å². The van der Waals surface area contributed by atoms with Gasteiger partial charge in [-0.1, -0.05) is 6.07 Å². The number of rotatable bonds is 5. The fraction of sp³-hybridized carbons (Fsp3) is 0.333. The van der Waals surface area contributed by atoms with E-state index >= 15 is 0 Å². The molecule has 2 aliphatic rings. The molecule has 0 aliphatic carbocycles. The van der Waals surface area contributed by atoms with E-state index in [1.807, 2.05) is 0 Å². The van der Waals surface area contributed by atoms with Gasteiger partial charge in [0.25, 0.3) is 0 Å². The minimum absolute atomic E-state index is 0.0654. The average Bonchev–Trinajstić information content (AvgIpc) is 3.15. The average molecular weight is 445 g/mol. The highest BCUT2D eigenvalue weighted by atomic mass is 32.2. The molecule has 0 radical (unpaired) electrons. The van der Waals surface area contributed by atoms with Gasteiger partial charge in [-0.25, -0.2) is 12.7 Å². The molecule has 0 spiro atoms. The summed E-state index contributed by atoms with van der Waals surface area (Å²) in [5, 5.41) is 2.73. The molecule has 1 atom stereocenters. The number of carbonyl (C=O) groups excluding carboxylic acids is 2. The Balaban J connectivity index is 1.47. The molecule has 164 valence electrons. The highest BCUT2D eigenvalue weighted by molar-refractivity contribution is 7.89. The second kappa shape index (κ2) is 8.20. The third-order valence-corrected chi connectivity index (χ3v) is 7.02. The van der Waals surface area contributed by atoms with Crippen LogP contribution in [0.15, 0.2) is 47.4 Å². The van der Waals surface area contributed by atoms with Crippen LogP contribution in [0.3, 0.4) is 0 Å². The van der Waals surface area contributed by atoms with Crippen molar-refractivity contribution in [3.8, 4) is 11.5 Å². The van der Waals surface area contributed by atoms with Crippen LogP contribution >= 0.6 is 0 Å². The topological polar surface area (TPSA) is 105 Å². The summed E-state index contributed by atoms with van der Waals surface area (Å²) in [6, 6.07) is 11.3. The van der Waals surface area contributed by atoms with Crippen molar-refractivity contribution in [1.29, 1.82) is 0 Å². The maximum absolute atomic E-state index is 12.8. The van der Waals surface area contributed by atoms with Gasteiger partial charge in [-0.3, -0.25) is 9.59 Å². The molecule has 10 heteroatoms. The van der Waals surface area contributed by atoms with Gasteiger partial charge >= 0.3 is 0 Å². The van der Waals surface area contributed by atoms with Crippen LogP contribution in [0.4, 0.5) is 11.4 Å². The molecule has 2 heterocycles. The summed E-state index contributed by atoms with van der Waals surface area (Å²) in [6.07, 6.45) is 0.0654. The summed E-state index contributed by atoms with van der Waals surface area (Å²) in [4.78, 5) is 27.0. The van der Waals surface area contributed by atoms with Crippen molar-refractivity contribution in [1.82, 2.24) is 4.31 Å². The number of benzene rings is 2. The number of nitrogens with zero attached hydrogens (tertiary/aromatic N) is 2. The smallest absolute Gasteiger partial charge is 0.242 e. The maximum Gasteiger partial charge on any atom is 0.242 e. The van der Waals surface area contributed by atoms with E-state index in [9.17, 15) is 18.0 Å². The number of anilines is 2. The van der Waals surface area contributed by atoms with Crippen LogP contribution < -0.4 is 19.7 Å². The standard InChI is InChI=1S/C21H23N3O6S/c1-23(2)31(27,28)17-5-3-4-15(11-17)22-21(26)14-10-20(25)24(13-14)16-6-7-18-19(12-16)30-9-8-29-18/h3-7,11-12,14H,8-10,13H2,1-2H3,(H,22,26)/t14-/m0/s1. The lowest BCUT2D eigenvalue weighted by atomic mass is 10.1. The Morgan fingerprint density at radius 2 is 1.84 bits per heavy atom. The summed E-state index contributed by atoms with van der Waals surface area (Å²) < 4.78 is 36.8. The van der Waals surface area contributed by atoms with E-state index in [1.54, 1.807) is 35.2 Å². The second-order valence-corrected chi connectivity index (χ2v) is 9.69. The van der Waals surface area contributed by atoms with Gasteiger partial charge in [-0.05, 0) is 30.3 Å². The number of carbonyl (C=O) groups is 2. The first kappa shape index (κ1) is 21.1. The first-order valence-electron chi connectivity index (χ1n) is 9.79. The van der Waals surface area contributed by atoms with Crippen LogP contribution in [0.25, 0.3) is 0 Å². The van der Waals surface area contributed by atoms with E-state index in [4.69, 9.17) is 9.47 Å². The van der Waals surface area contributed by atoms with Crippen molar-refractivity contribution >= 4 is 33.2 Å². The SMILES string of the molecule is CN(C)S(=O)(=O)c1cccc(NC(=O)[C@H]2CC(=O)N(c3ccc4c(c3)OCCO4)C2)c1. The fourth-order valence-electron chi connectivity index (χ4n) is 3.52. The van der Waals surface area contributed by atoms with Crippen LogP contribution in [0.5, 0.6) is 11.5 Å². The number of ether oxygens (including phenoxy) is 2. The Morgan fingerprint density at radius 1 is 1.10 bits per heavy atom. The van der Waals surface area contributed by atoms with E-state index in [0.717, 1.165) is 4.31 Å². The minimum atomic E-state index is -3.62. The van der Waals surface area contributed by atoms with E-state index in [-0.39, 0.29) is 29.7 Å². The summed E-state index contributed by atoms with van der Waals surface area (Å²) in [6.45, 7) is 1.15. The molecular formula is C21H23N3O6S. The lowest BCUT2D eigenvalue weighted by Gasteiger charge is -2.22. The largest absolute Gasteiger partial charge is 0.486 e. The molecule has 0 unspecified atom stereocenters.